The molecule has 1 saturated heterocycles. The molecule has 0 spiro atoms. The predicted octanol–water partition coefficient (Wildman–Crippen LogP) is 4.09. The van der Waals surface area contributed by atoms with Gasteiger partial charge in [0.25, 0.3) is 0 Å². The first-order valence-electron chi connectivity index (χ1n) is 9.73. The second-order valence-electron chi connectivity index (χ2n) is 6.71. The molecule has 7 nitrogen and oxygen atoms in total. The van der Waals surface area contributed by atoms with Crippen molar-refractivity contribution < 1.29 is 19.1 Å². The van der Waals surface area contributed by atoms with Crippen LogP contribution in [0.3, 0.4) is 0 Å². The molecule has 2 aromatic rings. The van der Waals surface area contributed by atoms with Crippen LogP contribution in [0.2, 0.25) is 0 Å². The third-order valence-corrected chi connectivity index (χ3v) is 4.48. The van der Waals surface area contributed by atoms with E-state index in [-0.39, 0.29) is 19.2 Å². The number of hydrogen-bond donors (Lipinski definition) is 1. The quantitative estimate of drug-likeness (QED) is 0.623. The molecule has 29 heavy (non-hydrogen) atoms. The van der Waals surface area contributed by atoms with E-state index in [4.69, 9.17) is 9.47 Å². The second-order valence-corrected chi connectivity index (χ2v) is 6.71. The minimum atomic E-state index is -0.752. The van der Waals surface area contributed by atoms with Crippen molar-refractivity contribution in [2.24, 2.45) is 4.99 Å². The van der Waals surface area contributed by atoms with Crippen LogP contribution in [-0.2, 0) is 22.7 Å². The highest BCUT2D eigenvalue weighted by Gasteiger charge is 2.19. The van der Waals surface area contributed by atoms with Crippen molar-refractivity contribution in [3.8, 4) is 0 Å². The van der Waals surface area contributed by atoms with E-state index < -0.39 is 12.2 Å². The molecule has 3 rings (SSSR count). The first-order chi connectivity index (χ1) is 14.2. The number of benzene rings is 2. The fourth-order valence-electron chi connectivity index (χ4n) is 2.97. The van der Waals surface area contributed by atoms with E-state index in [0.717, 1.165) is 30.4 Å². The summed E-state index contributed by atoms with van der Waals surface area (Å²) in [4.78, 5) is 30.3. The van der Waals surface area contributed by atoms with Gasteiger partial charge in [-0.1, -0.05) is 60.7 Å². The highest BCUT2D eigenvalue weighted by Crippen LogP contribution is 2.10. The largest absolute Gasteiger partial charge is 0.444 e. The highest BCUT2D eigenvalue weighted by molar-refractivity contribution is 5.98. The number of ether oxygens (including phenoxy) is 2. The molecule has 0 aromatic heterocycles. The molecule has 0 saturated carbocycles. The van der Waals surface area contributed by atoms with Crippen LogP contribution in [-0.4, -0.2) is 36.1 Å². The van der Waals surface area contributed by atoms with Gasteiger partial charge in [-0.2, -0.15) is 0 Å². The Morgan fingerprint density at radius 3 is 1.97 bits per heavy atom. The fourth-order valence-corrected chi connectivity index (χ4v) is 2.97. The van der Waals surface area contributed by atoms with Crippen molar-refractivity contribution >= 4 is 18.1 Å². The van der Waals surface area contributed by atoms with Gasteiger partial charge in [0.15, 0.2) is 0 Å². The van der Waals surface area contributed by atoms with Crippen molar-refractivity contribution in [3.63, 3.8) is 0 Å². The maximum Gasteiger partial charge on any atom is 0.437 e. The van der Waals surface area contributed by atoms with E-state index in [2.05, 4.69) is 10.3 Å². The summed E-state index contributed by atoms with van der Waals surface area (Å²) in [5.74, 6) is 0.167. The monoisotopic (exact) mass is 395 g/mol. The highest BCUT2D eigenvalue weighted by atomic mass is 16.6. The number of nitrogens with one attached hydrogen (secondary N) is 1. The summed E-state index contributed by atoms with van der Waals surface area (Å²) in [6.45, 7) is 1.68. The van der Waals surface area contributed by atoms with E-state index >= 15 is 0 Å². The van der Waals surface area contributed by atoms with Crippen LogP contribution in [0, 0.1) is 0 Å². The topological polar surface area (TPSA) is 80.2 Å². The molecule has 0 radical (unpaired) electrons. The van der Waals surface area contributed by atoms with Crippen LogP contribution in [0.1, 0.15) is 30.4 Å². The lowest BCUT2D eigenvalue weighted by Gasteiger charge is -2.29. The smallest absolute Gasteiger partial charge is 0.437 e. The number of carbonyl (C=O) groups is 2. The van der Waals surface area contributed by atoms with Crippen molar-refractivity contribution in [2.75, 3.05) is 13.1 Å². The molecule has 0 bridgehead atoms. The van der Waals surface area contributed by atoms with Gasteiger partial charge in [-0.3, -0.25) is 5.32 Å². The van der Waals surface area contributed by atoms with Crippen molar-refractivity contribution in [1.82, 2.24) is 10.2 Å². The van der Waals surface area contributed by atoms with Gasteiger partial charge in [0.2, 0.25) is 5.96 Å². The van der Waals surface area contributed by atoms with Gasteiger partial charge in [-0.25, -0.2) is 9.59 Å². The Kier molecular flexibility index (Phi) is 7.63. The molecule has 0 unspecified atom stereocenters. The maximum atomic E-state index is 12.2. The van der Waals surface area contributed by atoms with Gasteiger partial charge >= 0.3 is 12.2 Å². The molecule has 1 N–H and O–H groups in total. The number of piperidine rings is 1. The molecule has 7 heteroatoms. The van der Waals surface area contributed by atoms with E-state index in [9.17, 15) is 9.59 Å². The molecule has 152 valence electrons. The number of guanidine groups is 1. The predicted molar refractivity (Wildman–Crippen MR) is 109 cm³/mol. The number of hydrogen-bond acceptors (Lipinski definition) is 4. The van der Waals surface area contributed by atoms with Crippen LogP contribution < -0.4 is 5.32 Å². The lowest BCUT2D eigenvalue weighted by atomic mass is 10.1. The Labute approximate surface area is 170 Å². The third kappa shape index (κ3) is 6.95. The molecular weight excluding hydrogens is 370 g/mol. The molecule has 1 aliphatic heterocycles. The summed E-state index contributed by atoms with van der Waals surface area (Å²) in [7, 11) is 0. The first kappa shape index (κ1) is 20.4. The van der Waals surface area contributed by atoms with Crippen molar-refractivity contribution in [1.29, 1.82) is 0 Å². The number of alkyl carbamates (subject to hydrolysis) is 1. The minimum absolute atomic E-state index is 0.120. The zero-order valence-electron chi connectivity index (χ0n) is 16.3. The van der Waals surface area contributed by atoms with Gasteiger partial charge < -0.3 is 14.4 Å². The zero-order valence-corrected chi connectivity index (χ0v) is 16.3. The van der Waals surface area contributed by atoms with Gasteiger partial charge in [-0.05, 0) is 30.4 Å². The van der Waals surface area contributed by atoms with Crippen LogP contribution >= 0.6 is 0 Å². The fraction of sp³-hybridized carbons (Fsp3) is 0.318. The normalized spacial score (nSPS) is 14.2. The van der Waals surface area contributed by atoms with E-state index in [0.29, 0.717) is 13.1 Å². The van der Waals surface area contributed by atoms with Crippen molar-refractivity contribution in [3.05, 3.63) is 71.8 Å². The lowest BCUT2D eigenvalue weighted by molar-refractivity contribution is 0.142. The van der Waals surface area contributed by atoms with Crippen LogP contribution in [0.5, 0.6) is 0 Å². The molecule has 2 aromatic carbocycles. The average Bonchev–Trinajstić information content (AvgIpc) is 2.78. The first-order valence-corrected chi connectivity index (χ1v) is 9.73. The standard InChI is InChI=1S/C22H25N3O4/c26-21(28-16-18-10-4-1-5-11-18)23-20(25-14-8-3-9-15-25)24-22(27)29-17-19-12-6-2-7-13-19/h1-2,4-7,10-13H,3,8-9,14-17H2,(H,23,24,26,27). The van der Waals surface area contributed by atoms with E-state index in [1.807, 2.05) is 65.6 Å². The Morgan fingerprint density at radius 2 is 1.38 bits per heavy atom. The molecule has 1 fully saturated rings. The van der Waals surface area contributed by atoms with Crippen LogP contribution in [0.4, 0.5) is 9.59 Å². The second kappa shape index (κ2) is 10.8. The Hall–Kier alpha value is -3.35. The summed E-state index contributed by atoms with van der Waals surface area (Å²) in [5.41, 5.74) is 1.74. The molecule has 2 amide bonds. The zero-order chi connectivity index (χ0) is 20.3. The van der Waals surface area contributed by atoms with Gasteiger partial charge in [0, 0.05) is 13.1 Å². The van der Waals surface area contributed by atoms with Gasteiger partial charge in [-0.15, -0.1) is 4.99 Å². The van der Waals surface area contributed by atoms with Crippen LogP contribution in [0.15, 0.2) is 65.7 Å². The Balaban J connectivity index is 1.59. The Morgan fingerprint density at radius 1 is 0.828 bits per heavy atom. The summed E-state index contributed by atoms with van der Waals surface area (Å²) in [5, 5.41) is 2.60. The van der Waals surface area contributed by atoms with E-state index in [1.165, 1.54) is 0 Å². The average molecular weight is 395 g/mol. The molecule has 1 heterocycles. The van der Waals surface area contributed by atoms with Gasteiger partial charge in [0.05, 0.1) is 0 Å². The van der Waals surface area contributed by atoms with Crippen molar-refractivity contribution in [2.45, 2.75) is 32.5 Å². The summed E-state index contributed by atoms with van der Waals surface area (Å²) >= 11 is 0. The van der Waals surface area contributed by atoms with Crippen LogP contribution in [0.25, 0.3) is 0 Å². The summed E-state index contributed by atoms with van der Waals surface area (Å²) in [6.07, 6.45) is 1.64. The number of rotatable bonds is 4. The number of amides is 2. The SMILES string of the molecule is O=C(/N=C(\NC(=O)OCc1ccccc1)N1CCCCC1)OCc1ccccc1. The number of likely N-dealkylation sites (tertiary alicyclic amines) is 1. The summed E-state index contributed by atoms with van der Waals surface area (Å²) in [6, 6.07) is 18.7. The van der Waals surface area contributed by atoms with E-state index in [1.54, 1.807) is 0 Å². The molecule has 1 aliphatic rings. The molecular formula is C22H25N3O4. The van der Waals surface area contributed by atoms with Gasteiger partial charge in [0.1, 0.15) is 13.2 Å². The summed E-state index contributed by atoms with van der Waals surface area (Å²) < 4.78 is 10.5. The third-order valence-electron chi connectivity index (χ3n) is 4.48. The number of carbonyl (C=O) groups excluding carboxylic acids is 2. The number of aliphatic imine (C=N–C) groups is 1. The Bertz CT molecular complexity index is 818. The molecule has 0 aliphatic carbocycles. The number of nitrogens with zero attached hydrogens (tertiary/aromatic N) is 2. The molecule has 0 atom stereocenters. The lowest BCUT2D eigenvalue weighted by Crippen LogP contribution is -2.47. The minimum Gasteiger partial charge on any atom is -0.444 e. The maximum absolute atomic E-state index is 12.2.